The molecule has 0 radical (unpaired) electrons. The summed E-state index contributed by atoms with van der Waals surface area (Å²) in [6, 6.07) is 5.99. The van der Waals surface area contributed by atoms with E-state index in [9.17, 15) is 9.59 Å². The van der Waals surface area contributed by atoms with Gasteiger partial charge >= 0.3 is 5.97 Å². The third-order valence-corrected chi connectivity index (χ3v) is 1.58. The van der Waals surface area contributed by atoms with Gasteiger partial charge < -0.3 is 10.5 Å². The second kappa shape index (κ2) is 4.18. The number of amides is 1. The first-order valence-corrected chi connectivity index (χ1v) is 3.75. The van der Waals surface area contributed by atoms with Crippen molar-refractivity contribution in [1.82, 2.24) is 0 Å². The van der Waals surface area contributed by atoms with Crippen molar-refractivity contribution in [1.29, 1.82) is 5.41 Å². The second-order valence-electron chi connectivity index (χ2n) is 2.43. The summed E-state index contributed by atoms with van der Waals surface area (Å²) in [4.78, 5) is 22.1. The van der Waals surface area contributed by atoms with Crippen molar-refractivity contribution in [3.63, 3.8) is 0 Å². The zero-order valence-corrected chi connectivity index (χ0v) is 7.19. The van der Waals surface area contributed by atoms with Gasteiger partial charge in [0.25, 0.3) is 0 Å². The SMILES string of the molecule is N=COC(=O)c1ccccc1C(N)=O. The summed E-state index contributed by atoms with van der Waals surface area (Å²) in [7, 11) is 0. The van der Waals surface area contributed by atoms with Gasteiger partial charge in [0.15, 0.2) is 6.40 Å². The van der Waals surface area contributed by atoms with E-state index in [0.717, 1.165) is 0 Å². The summed E-state index contributed by atoms with van der Waals surface area (Å²) in [5.74, 6) is -1.48. The highest BCUT2D eigenvalue weighted by Crippen LogP contribution is 2.08. The predicted octanol–water partition coefficient (Wildman–Crippen LogP) is 0.549. The Balaban J connectivity index is 3.12. The molecule has 0 spiro atoms. The Bertz CT molecular complexity index is 387. The second-order valence-corrected chi connectivity index (χ2v) is 2.43. The number of rotatable bonds is 3. The van der Waals surface area contributed by atoms with Gasteiger partial charge in [0.2, 0.25) is 5.91 Å². The Morgan fingerprint density at radius 1 is 1.29 bits per heavy atom. The number of primary amides is 1. The molecule has 0 aliphatic carbocycles. The van der Waals surface area contributed by atoms with Crippen LogP contribution in [0.4, 0.5) is 0 Å². The predicted molar refractivity (Wildman–Crippen MR) is 49.2 cm³/mol. The van der Waals surface area contributed by atoms with Crippen LogP contribution in [0.25, 0.3) is 0 Å². The van der Waals surface area contributed by atoms with Gasteiger partial charge in [-0.3, -0.25) is 10.2 Å². The molecule has 1 rings (SSSR count). The molecule has 1 aromatic carbocycles. The van der Waals surface area contributed by atoms with E-state index in [4.69, 9.17) is 11.1 Å². The lowest BCUT2D eigenvalue weighted by Gasteiger charge is -2.02. The lowest BCUT2D eigenvalue weighted by molar-refractivity contribution is 0.0721. The molecule has 0 saturated heterocycles. The standard InChI is InChI=1S/C9H8N2O3/c10-5-14-9(13)7-4-2-1-3-6(7)8(11)12/h1-5,10H,(H2,11,12). The van der Waals surface area contributed by atoms with Crippen LogP contribution in [0.2, 0.25) is 0 Å². The van der Waals surface area contributed by atoms with Crippen LogP contribution < -0.4 is 5.73 Å². The first-order chi connectivity index (χ1) is 6.66. The molecule has 0 aliphatic rings. The highest BCUT2D eigenvalue weighted by molar-refractivity contribution is 6.05. The topological polar surface area (TPSA) is 93.2 Å². The summed E-state index contributed by atoms with van der Waals surface area (Å²) >= 11 is 0. The first kappa shape index (κ1) is 9.91. The quantitative estimate of drug-likeness (QED) is 0.416. The maximum Gasteiger partial charge on any atom is 0.345 e. The van der Waals surface area contributed by atoms with E-state index in [0.29, 0.717) is 6.40 Å². The van der Waals surface area contributed by atoms with E-state index >= 15 is 0 Å². The van der Waals surface area contributed by atoms with Gasteiger partial charge in [0.1, 0.15) is 0 Å². The molecule has 0 saturated carbocycles. The summed E-state index contributed by atoms with van der Waals surface area (Å²) in [6.07, 6.45) is 0.500. The Hall–Kier alpha value is -2.17. The summed E-state index contributed by atoms with van der Waals surface area (Å²) in [5, 5.41) is 6.58. The van der Waals surface area contributed by atoms with Crippen LogP contribution >= 0.6 is 0 Å². The minimum atomic E-state index is -0.769. The zero-order chi connectivity index (χ0) is 10.6. The molecule has 72 valence electrons. The largest absolute Gasteiger partial charge is 0.411 e. The van der Waals surface area contributed by atoms with Crippen molar-refractivity contribution in [3.05, 3.63) is 35.4 Å². The highest BCUT2D eigenvalue weighted by Gasteiger charge is 2.14. The maximum absolute atomic E-state index is 11.2. The zero-order valence-electron chi connectivity index (χ0n) is 7.19. The third-order valence-electron chi connectivity index (χ3n) is 1.58. The van der Waals surface area contributed by atoms with E-state index in [2.05, 4.69) is 4.74 Å². The average molecular weight is 192 g/mol. The fraction of sp³-hybridized carbons (Fsp3) is 0. The van der Waals surface area contributed by atoms with Crippen molar-refractivity contribution < 1.29 is 14.3 Å². The van der Waals surface area contributed by atoms with Crippen molar-refractivity contribution in [2.45, 2.75) is 0 Å². The normalized spacial score (nSPS) is 9.14. The lowest BCUT2D eigenvalue weighted by Crippen LogP contribution is -2.17. The molecule has 0 fully saturated rings. The van der Waals surface area contributed by atoms with E-state index in [1.54, 1.807) is 12.1 Å². The Morgan fingerprint density at radius 3 is 2.36 bits per heavy atom. The van der Waals surface area contributed by atoms with Crippen LogP contribution in [0.1, 0.15) is 20.7 Å². The van der Waals surface area contributed by atoms with Crippen LogP contribution in [-0.4, -0.2) is 18.3 Å². The fourth-order valence-electron chi connectivity index (χ4n) is 0.993. The molecule has 0 atom stereocenters. The average Bonchev–Trinajstić information content (AvgIpc) is 2.18. The van der Waals surface area contributed by atoms with Crippen LogP contribution in [0.15, 0.2) is 24.3 Å². The number of hydrogen-bond acceptors (Lipinski definition) is 4. The van der Waals surface area contributed by atoms with E-state index in [1.165, 1.54) is 12.1 Å². The molecule has 1 aromatic rings. The molecule has 3 N–H and O–H groups in total. The number of benzene rings is 1. The Kier molecular flexibility index (Phi) is 2.96. The lowest BCUT2D eigenvalue weighted by atomic mass is 10.1. The minimum absolute atomic E-state index is 0.0588. The van der Waals surface area contributed by atoms with Crippen molar-refractivity contribution >= 4 is 18.3 Å². The summed E-state index contributed by atoms with van der Waals surface area (Å²) in [6.45, 7) is 0. The van der Waals surface area contributed by atoms with Crippen molar-refractivity contribution in [3.8, 4) is 0 Å². The molecular formula is C9H8N2O3. The molecule has 0 unspecified atom stereocenters. The number of carbonyl (C=O) groups is 2. The monoisotopic (exact) mass is 192 g/mol. The molecule has 0 aliphatic heterocycles. The molecule has 5 nitrogen and oxygen atoms in total. The molecular weight excluding hydrogens is 184 g/mol. The van der Waals surface area contributed by atoms with Crippen LogP contribution in [0, 0.1) is 5.41 Å². The summed E-state index contributed by atoms with van der Waals surface area (Å²) < 4.78 is 4.31. The van der Waals surface area contributed by atoms with Crippen molar-refractivity contribution in [2.24, 2.45) is 5.73 Å². The smallest absolute Gasteiger partial charge is 0.345 e. The number of hydrogen-bond donors (Lipinski definition) is 2. The minimum Gasteiger partial charge on any atom is -0.411 e. The molecule has 14 heavy (non-hydrogen) atoms. The van der Waals surface area contributed by atoms with Gasteiger partial charge in [0.05, 0.1) is 11.1 Å². The van der Waals surface area contributed by atoms with E-state index in [-0.39, 0.29) is 11.1 Å². The Morgan fingerprint density at radius 2 is 1.86 bits per heavy atom. The van der Waals surface area contributed by atoms with E-state index < -0.39 is 11.9 Å². The first-order valence-electron chi connectivity index (χ1n) is 3.75. The van der Waals surface area contributed by atoms with Gasteiger partial charge in [-0.15, -0.1) is 0 Å². The number of nitrogens with one attached hydrogen (secondary N) is 1. The van der Waals surface area contributed by atoms with Gasteiger partial charge in [-0.05, 0) is 12.1 Å². The van der Waals surface area contributed by atoms with E-state index in [1.807, 2.05) is 0 Å². The molecule has 1 amide bonds. The maximum atomic E-state index is 11.2. The Labute approximate surface area is 80.0 Å². The molecule has 0 bridgehead atoms. The number of ether oxygens (including phenoxy) is 1. The summed E-state index contributed by atoms with van der Waals surface area (Å²) in [5.41, 5.74) is 5.19. The van der Waals surface area contributed by atoms with Gasteiger partial charge in [0, 0.05) is 0 Å². The van der Waals surface area contributed by atoms with Crippen molar-refractivity contribution in [2.75, 3.05) is 0 Å². The molecule has 0 aromatic heterocycles. The molecule has 5 heteroatoms. The van der Waals surface area contributed by atoms with Gasteiger partial charge in [-0.1, -0.05) is 12.1 Å². The molecule has 0 heterocycles. The van der Waals surface area contributed by atoms with Crippen LogP contribution in [0.5, 0.6) is 0 Å². The number of esters is 1. The van der Waals surface area contributed by atoms with Gasteiger partial charge in [-0.2, -0.15) is 0 Å². The highest BCUT2D eigenvalue weighted by atomic mass is 16.5. The third kappa shape index (κ3) is 1.95. The van der Waals surface area contributed by atoms with Gasteiger partial charge in [-0.25, -0.2) is 4.79 Å². The van der Waals surface area contributed by atoms with Crippen LogP contribution in [0.3, 0.4) is 0 Å². The van der Waals surface area contributed by atoms with Crippen LogP contribution in [-0.2, 0) is 4.74 Å². The number of carbonyl (C=O) groups excluding carboxylic acids is 2. The number of nitrogens with two attached hydrogens (primary N) is 1. The fourth-order valence-corrected chi connectivity index (χ4v) is 0.993.